The van der Waals surface area contributed by atoms with E-state index in [1.54, 1.807) is 5.57 Å². The molecule has 0 aromatic heterocycles. The molecule has 5 rings (SSSR count). The van der Waals surface area contributed by atoms with Crippen LogP contribution in [0.2, 0.25) is 0 Å². The Labute approximate surface area is 231 Å². The second kappa shape index (κ2) is 13.1. The minimum absolute atomic E-state index is 0. The molecule has 0 radical (unpaired) electrons. The number of nitrogens with one attached hydrogen (secondary N) is 2. The number of allylic oxidation sites excluding steroid dienone is 7. The van der Waals surface area contributed by atoms with Crippen molar-refractivity contribution in [1.82, 2.24) is 10.6 Å². The fourth-order valence-corrected chi connectivity index (χ4v) is 12.5. The minimum Gasteiger partial charge on any atom is -0.370 e. The Bertz CT molecular complexity index is 798. The molecule has 0 amide bonds. The summed E-state index contributed by atoms with van der Waals surface area (Å²) in [6.07, 6.45) is 26.3. The van der Waals surface area contributed by atoms with Crippen LogP contribution in [0.5, 0.6) is 0 Å². The number of hydrogen-bond acceptors (Lipinski definition) is 2. The first-order valence-corrected chi connectivity index (χ1v) is 16.0. The summed E-state index contributed by atoms with van der Waals surface area (Å²) >= 11 is 14.2. The fourth-order valence-electron chi connectivity index (χ4n) is 7.07. The van der Waals surface area contributed by atoms with Crippen molar-refractivity contribution in [2.75, 3.05) is 13.1 Å². The van der Waals surface area contributed by atoms with E-state index in [-0.39, 0.29) is 33.3 Å². The summed E-state index contributed by atoms with van der Waals surface area (Å²) in [5.74, 6) is 1.17. The van der Waals surface area contributed by atoms with Crippen molar-refractivity contribution in [3.8, 4) is 0 Å². The maximum atomic E-state index is 7.46. The van der Waals surface area contributed by atoms with Gasteiger partial charge in [-0.25, -0.2) is 0 Å². The third-order valence-corrected chi connectivity index (χ3v) is 13.4. The van der Waals surface area contributed by atoms with Crippen molar-refractivity contribution in [2.24, 2.45) is 5.92 Å². The van der Waals surface area contributed by atoms with Crippen LogP contribution in [0.4, 0.5) is 0 Å². The van der Waals surface area contributed by atoms with Gasteiger partial charge in [-0.2, -0.15) is 0 Å². The van der Waals surface area contributed by atoms with Gasteiger partial charge < -0.3 is 10.6 Å². The van der Waals surface area contributed by atoms with E-state index in [4.69, 9.17) is 23.2 Å². The van der Waals surface area contributed by atoms with Gasteiger partial charge in [-0.1, -0.05) is 88.2 Å². The molecule has 4 fully saturated rings. The van der Waals surface area contributed by atoms with Crippen LogP contribution in [0.1, 0.15) is 89.9 Å². The molecule has 190 valence electrons. The molecule has 2 atom stereocenters. The van der Waals surface area contributed by atoms with Crippen LogP contribution in [0, 0.1) is 5.92 Å². The van der Waals surface area contributed by atoms with Crippen LogP contribution in [0.25, 0.3) is 0 Å². The Hall–Kier alpha value is 0.193. The van der Waals surface area contributed by atoms with E-state index in [2.05, 4.69) is 22.8 Å². The summed E-state index contributed by atoms with van der Waals surface area (Å²) in [5.41, 5.74) is 5.45. The predicted molar refractivity (Wildman–Crippen MR) is 145 cm³/mol. The quantitative estimate of drug-likeness (QED) is 0.248. The number of hydrogen-bond donors (Lipinski definition) is 2. The second-order valence-electron chi connectivity index (χ2n) is 10.7. The summed E-state index contributed by atoms with van der Waals surface area (Å²) in [6, 6.07) is 0. The first kappa shape index (κ1) is 27.2. The van der Waals surface area contributed by atoms with Crippen molar-refractivity contribution < 1.29 is 19.5 Å². The molecule has 1 aliphatic heterocycles. The molecule has 6 heteroatoms. The minimum atomic E-state index is -0.00482. The van der Waals surface area contributed by atoms with Gasteiger partial charge in [-0.05, 0) is 67.9 Å². The fraction of sp³-hybridized carbons (Fsp3) is 0.714. The van der Waals surface area contributed by atoms with Crippen LogP contribution in [-0.4, -0.2) is 30.1 Å². The van der Waals surface area contributed by atoms with Gasteiger partial charge in [0, 0.05) is 59.8 Å². The van der Waals surface area contributed by atoms with Crippen LogP contribution in [-0.2, 0) is 19.5 Å². The Balaban J connectivity index is 0.00000274. The average molecular weight is 609 g/mol. The van der Waals surface area contributed by atoms with Gasteiger partial charge >= 0.3 is 0 Å². The molecule has 5 aliphatic rings. The molecule has 4 aliphatic carbocycles. The van der Waals surface area contributed by atoms with Gasteiger partial charge in [0.15, 0.2) is 0 Å². The smallest absolute Gasteiger partial charge is 0.105 e. The zero-order valence-corrected chi connectivity index (χ0v) is 24.6. The summed E-state index contributed by atoms with van der Waals surface area (Å²) in [4.78, 5) is 0. The van der Waals surface area contributed by atoms with E-state index in [0.717, 1.165) is 51.5 Å². The van der Waals surface area contributed by atoms with E-state index in [1.807, 2.05) is 6.08 Å². The van der Waals surface area contributed by atoms with Gasteiger partial charge in [0.25, 0.3) is 0 Å². The monoisotopic (exact) mass is 608 g/mol. The van der Waals surface area contributed by atoms with E-state index < -0.39 is 0 Å². The average Bonchev–Trinajstić information content (AvgIpc) is 3.40. The molecule has 2 nitrogen and oxygen atoms in total. The molecule has 3 saturated carbocycles. The van der Waals surface area contributed by atoms with Gasteiger partial charge in [0.05, 0.1) is 0 Å². The summed E-state index contributed by atoms with van der Waals surface area (Å²) in [6.45, 7) is 1.90. The normalized spacial score (nSPS) is 30.5. The molecule has 0 spiro atoms. The number of rotatable bonds is 4. The Morgan fingerprint density at radius 1 is 0.824 bits per heavy atom. The first-order valence-electron chi connectivity index (χ1n) is 13.7. The van der Waals surface area contributed by atoms with E-state index >= 15 is 0 Å². The molecule has 2 N–H and O–H groups in total. The SMILES string of the molecule is ClC1=CC=CC(C(Cl)=C2CCCCC2P(C2CCCCC2)C2CCCCC2)C1=C1NCCN1.[Ru]. The maximum absolute atomic E-state index is 7.46. The third-order valence-electron chi connectivity index (χ3n) is 8.62. The van der Waals surface area contributed by atoms with Crippen molar-refractivity contribution in [3.05, 3.63) is 45.3 Å². The molecule has 2 unspecified atom stereocenters. The largest absolute Gasteiger partial charge is 0.370 e. The van der Waals surface area contributed by atoms with Crippen LogP contribution in [0.3, 0.4) is 0 Å². The molecule has 34 heavy (non-hydrogen) atoms. The van der Waals surface area contributed by atoms with Crippen LogP contribution < -0.4 is 10.6 Å². The third kappa shape index (κ3) is 6.01. The molecule has 0 aromatic rings. The molecule has 1 saturated heterocycles. The standard InChI is InChI=1S/C28H41Cl2N2P.Ru/c29-24-16-9-15-23(26(24)28-31-18-19-32-28)27(30)22-14-7-8-17-25(22)33(20-10-3-1-4-11-20)21-12-5-2-6-13-21;/h9,15-16,20-21,23,25,31-32H,1-8,10-14,17-19H2;. The van der Waals surface area contributed by atoms with E-state index in [1.165, 1.54) is 89.9 Å². The van der Waals surface area contributed by atoms with Gasteiger partial charge in [0.1, 0.15) is 5.82 Å². The zero-order valence-electron chi connectivity index (χ0n) is 20.4. The topological polar surface area (TPSA) is 24.1 Å². The molecule has 1 heterocycles. The summed E-state index contributed by atoms with van der Waals surface area (Å²) in [7, 11) is -0.00482. The predicted octanol–water partition coefficient (Wildman–Crippen LogP) is 8.28. The van der Waals surface area contributed by atoms with Crippen molar-refractivity contribution in [3.63, 3.8) is 0 Å². The zero-order chi connectivity index (χ0) is 22.6. The Kier molecular flexibility index (Phi) is 10.5. The van der Waals surface area contributed by atoms with Crippen LogP contribution in [0.15, 0.2) is 45.3 Å². The molecular weight excluding hydrogens is 567 g/mol. The van der Waals surface area contributed by atoms with E-state index in [9.17, 15) is 0 Å². The van der Waals surface area contributed by atoms with Crippen molar-refractivity contribution in [2.45, 2.75) is 107 Å². The maximum Gasteiger partial charge on any atom is 0.105 e. The summed E-state index contributed by atoms with van der Waals surface area (Å²) < 4.78 is 0. The van der Waals surface area contributed by atoms with Crippen molar-refractivity contribution >= 4 is 31.1 Å². The molecule has 0 aromatic carbocycles. The van der Waals surface area contributed by atoms with Crippen LogP contribution >= 0.6 is 31.1 Å². The Morgan fingerprint density at radius 2 is 1.41 bits per heavy atom. The number of halogens is 2. The molecule has 0 bridgehead atoms. The first-order chi connectivity index (χ1) is 16.2. The summed E-state index contributed by atoms with van der Waals surface area (Å²) in [5, 5.41) is 8.95. The van der Waals surface area contributed by atoms with Gasteiger partial charge in [-0.3, -0.25) is 0 Å². The van der Waals surface area contributed by atoms with Gasteiger partial charge in [0.2, 0.25) is 0 Å². The van der Waals surface area contributed by atoms with Gasteiger partial charge in [-0.15, -0.1) is 0 Å². The van der Waals surface area contributed by atoms with E-state index in [0.29, 0.717) is 0 Å². The Morgan fingerprint density at radius 3 is 2.03 bits per heavy atom. The van der Waals surface area contributed by atoms with Crippen molar-refractivity contribution in [1.29, 1.82) is 0 Å². The molecular formula is C28H41Cl2N2PRu. The second-order valence-corrected chi connectivity index (χ2v) is 14.5.